The molecule has 1 aromatic heterocycles. The van der Waals surface area contributed by atoms with Gasteiger partial charge in [0, 0.05) is 30.4 Å². The van der Waals surface area contributed by atoms with Crippen molar-refractivity contribution in [2.45, 2.75) is 13.0 Å². The minimum absolute atomic E-state index is 0.00758. The van der Waals surface area contributed by atoms with Crippen LogP contribution in [0.1, 0.15) is 21.5 Å². The van der Waals surface area contributed by atoms with Gasteiger partial charge in [-0.3, -0.25) is 9.59 Å². The topological polar surface area (TPSA) is 62.5 Å². The third-order valence-electron chi connectivity index (χ3n) is 3.99. The minimum Gasteiger partial charge on any atom is -0.502 e. The van der Waals surface area contributed by atoms with Gasteiger partial charge in [0.15, 0.2) is 5.75 Å². The number of nitrogens with zero attached hydrogens (tertiary/aromatic N) is 2. The highest BCUT2D eigenvalue weighted by Crippen LogP contribution is 2.27. The highest BCUT2D eigenvalue weighted by Gasteiger charge is 2.30. The van der Waals surface area contributed by atoms with Crippen molar-refractivity contribution in [3.8, 4) is 5.75 Å². The molecule has 0 aliphatic carbocycles. The Kier molecular flexibility index (Phi) is 3.85. The Labute approximate surface area is 136 Å². The molecule has 0 bridgehead atoms. The lowest BCUT2D eigenvalue weighted by Gasteiger charge is -2.29. The normalized spacial score (nSPS) is 14.0. The van der Waals surface area contributed by atoms with Crippen LogP contribution in [0.15, 0.2) is 29.2 Å². The molecular formula is C16H14ClFN2O3. The largest absolute Gasteiger partial charge is 0.502 e. The van der Waals surface area contributed by atoms with E-state index in [1.54, 1.807) is 12.3 Å². The van der Waals surface area contributed by atoms with E-state index in [1.165, 1.54) is 28.6 Å². The van der Waals surface area contributed by atoms with Crippen LogP contribution in [0, 0.1) is 5.82 Å². The molecule has 1 aliphatic rings. The number of hydrogen-bond donors (Lipinski definition) is 1. The molecule has 120 valence electrons. The van der Waals surface area contributed by atoms with E-state index in [-0.39, 0.29) is 22.7 Å². The Morgan fingerprint density at radius 1 is 1.35 bits per heavy atom. The van der Waals surface area contributed by atoms with Crippen LogP contribution >= 0.6 is 11.6 Å². The monoisotopic (exact) mass is 336 g/mol. The Bertz CT molecular complexity index is 843. The van der Waals surface area contributed by atoms with Gasteiger partial charge in [0.2, 0.25) is 0 Å². The number of carbonyl (C=O) groups is 1. The van der Waals surface area contributed by atoms with Gasteiger partial charge in [-0.15, -0.1) is 0 Å². The summed E-state index contributed by atoms with van der Waals surface area (Å²) in [4.78, 5) is 25.8. The van der Waals surface area contributed by atoms with Crippen LogP contribution in [0.25, 0.3) is 0 Å². The summed E-state index contributed by atoms with van der Waals surface area (Å²) in [6.45, 7) is 0.340. The summed E-state index contributed by atoms with van der Waals surface area (Å²) in [6, 6.07) is 4.32. The Balaban J connectivity index is 1.99. The van der Waals surface area contributed by atoms with E-state index in [0.717, 1.165) is 0 Å². The minimum atomic E-state index is -0.636. The predicted octanol–water partition coefficient (Wildman–Crippen LogP) is 2.08. The summed E-state index contributed by atoms with van der Waals surface area (Å²) >= 11 is 5.99. The molecule has 0 unspecified atom stereocenters. The molecule has 2 aromatic rings. The lowest BCUT2D eigenvalue weighted by Crippen LogP contribution is -2.39. The molecular weight excluding hydrogens is 323 g/mol. The van der Waals surface area contributed by atoms with E-state index >= 15 is 0 Å². The Morgan fingerprint density at radius 2 is 2.09 bits per heavy atom. The van der Waals surface area contributed by atoms with Crippen molar-refractivity contribution < 1.29 is 14.3 Å². The average Bonchev–Trinajstić information content (AvgIpc) is 2.50. The molecule has 0 fully saturated rings. The van der Waals surface area contributed by atoms with Crippen LogP contribution in [0.3, 0.4) is 0 Å². The zero-order chi connectivity index (χ0) is 16.7. The second kappa shape index (κ2) is 5.70. The number of fused-ring (bicyclic) bond motifs is 1. The number of benzene rings is 1. The molecule has 0 saturated heterocycles. The van der Waals surface area contributed by atoms with Crippen molar-refractivity contribution in [1.29, 1.82) is 0 Å². The zero-order valence-corrected chi connectivity index (χ0v) is 13.1. The van der Waals surface area contributed by atoms with Crippen LogP contribution in [-0.4, -0.2) is 27.0 Å². The van der Waals surface area contributed by atoms with Crippen LogP contribution in [0.2, 0.25) is 5.02 Å². The fourth-order valence-electron chi connectivity index (χ4n) is 2.75. The van der Waals surface area contributed by atoms with Gasteiger partial charge in [-0.25, -0.2) is 4.39 Å². The van der Waals surface area contributed by atoms with Crippen molar-refractivity contribution in [3.05, 3.63) is 62.3 Å². The lowest BCUT2D eigenvalue weighted by atomic mass is 9.99. The van der Waals surface area contributed by atoms with Gasteiger partial charge in [-0.05, 0) is 24.1 Å². The van der Waals surface area contributed by atoms with Crippen LogP contribution in [0.4, 0.5) is 4.39 Å². The molecule has 1 amide bonds. The number of hydrogen-bond acceptors (Lipinski definition) is 3. The molecule has 1 N–H and O–H groups in total. The molecule has 1 aliphatic heterocycles. The van der Waals surface area contributed by atoms with Crippen molar-refractivity contribution in [2.75, 3.05) is 6.54 Å². The van der Waals surface area contributed by atoms with E-state index in [4.69, 9.17) is 11.6 Å². The van der Waals surface area contributed by atoms with Gasteiger partial charge in [-0.2, -0.15) is 0 Å². The maximum atomic E-state index is 13.9. The molecule has 7 heteroatoms. The Morgan fingerprint density at radius 3 is 2.78 bits per heavy atom. The summed E-state index contributed by atoms with van der Waals surface area (Å²) in [7, 11) is 1.51. The molecule has 23 heavy (non-hydrogen) atoms. The molecule has 5 nitrogen and oxygen atoms in total. The van der Waals surface area contributed by atoms with Gasteiger partial charge in [0.1, 0.15) is 5.82 Å². The highest BCUT2D eigenvalue weighted by atomic mass is 35.5. The molecule has 0 saturated carbocycles. The first-order valence-electron chi connectivity index (χ1n) is 7.03. The number of aromatic hydroxyl groups is 1. The quantitative estimate of drug-likeness (QED) is 0.913. The second-order valence-electron chi connectivity index (χ2n) is 5.47. The molecule has 0 atom stereocenters. The molecule has 2 heterocycles. The van der Waals surface area contributed by atoms with Gasteiger partial charge in [0.25, 0.3) is 11.5 Å². The number of aryl methyl sites for hydroxylation is 1. The van der Waals surface area contributed by atoms with Crippen LogP contribution in [-0.2, 0) is 20.0 Å². The summed E-state index contributed by atoms with van der Waals surface area (Å²) in [6.07, 6.45) is 2.01. The molecule has 0 spiro atoms. The van der Waals surface area contributed by atoms with Crippen molar-refractivity contribution in [1.82, 2.24) is 9.47 Å². The summed E-state index contributed by atoms with van der Waals surface area (Å²) in [5.74, 6) is -1.57. The molecule has 0 radical (unpaired) electrons. The van der Waals surface area contributed by atoms with Crippen molar-refractivity contribution in [2.24, 2.45) is 7.05 Å². The second-order valence-corrected chi connectivity index (χ2v) is 5.88. The van der Waals surface area contributed by atoms with E-state index in [2.05, 4.69) is 0 Å². The number of halogens is 2. The maximum absolute atomic E-state index is 13.9. The maximum Gasteiger partial charge on any atom is 0.293 e. The van der Waals surface area contributed by atoms with E-state index < -0.39 is 23.0 Å². The number of amides is 1. The standard InChI is InChI=1S/C16H14ClFN2O3/c1-19-7-9-5-6-20(15(22)13(9)14(21)16(19)23)8-10-11(17)3-2-4-12(10)18/h2-4,7,21H,5-6,8H2,1H3. The number of rotatable bonds is 2. The van der Waals surface area contributed by atoms with Gasteiger partial charge in [-0.1, -0.05) is 17.7 Å². The van der Waals surface area contributed by atoms with Crippen LogP contribution < -0.4 is 5.56 Å². The van der Waals surface area contributed by atoms with Gasteiger partial charge >= 0.3 is 0 Å². The zero-order valence-electron chi connectivity index (χ0n) is 12.3. The van der Waals surface area contributed by atoms with E-state index in [1.807, 2.05) is 0 Å². The van der Waals surface area contributed by atoms with E-state index in [9.17, 15) is 19.1 Å². The van der Waals surface area contributed by atoms with Crippen LogP contribution in [0.5, 0.6) is 5.75 Å². The van der Waals surface area contributed by atoms with Gasteiger partial charge < -0.3 is 14.6 Å². The van der Waals surface area contributed by atoms with Crippen molar-refractivity contribution >= 4 is 17.5 Å². The Hall–Kier alpha value is -2.34. The summed E-state index contributed by atoms with van der Waals surface area (Å²) in [5.41, 5.74) is 0.175. The predicted molar refractivity (Wildman–Crippen MR) is 83.2 cm³/mol. The molecule has 3 rings (SSSR count). The first kappa shape index (κ1) is 15.6. The average molecular weight is 337 g/mol. The molecule has 1 aromatic carbocycles. The number of pyridine rings is 1. The first-order valence-corrected chi connectivity index (χ1v) is 7.41. The number of aromatic nitrogens is 1. The van der Waals surface area contributed by atoms with Gasteiger partial charge in [0.05, 0.1) is 12.1 Å². The smallest absolute Gasteiger partial charge is 0.293 e. The fraction of sp³-hybridized carbons (Fsp3) is 0.250. The number of carbonyl (C=O) groups excluding carboxylic acids is 1. The highest BCUT2D eigenvalue weighted by molar-refractivity contribution is 6.31. The third kappa shape index (κ3) is 2.59. The first-order chi connectivity index (χ1) is 10.9. The fourth-order valence-corrected chi connectivity index (χ4v) is 2.97. The SMILES string of the molecule is Cn1cc2c(c(O)c1=O)C(=O)N(Cc1c(F)cccc1Cl)CC2. The van der Waals surface area contributed by atoms with Crippen molar-refractivity contribution in [3.63, 3.8) is 0 Å². The van der Waals surface area contributed by atoms with E-state index in [0.29, 0.717) is 18.5 Å². The summed E-state index contributed by atoms with van der Waals surface area (Å²) < 4.78 is 15.1. The lowest BCUT2D eigenvalue weighted by molar-refractivity contribution is 0.0721. The summed E-state index contributed by atoms with van der Waals surface area (Å²) in [5, 5.41) is 10.2. The third-order valence-corrected chi connectivity index (χ3v) is 4.35.